The van der Waals surface area contributed by atoms with Gasteiger partial charge in [0.05, 0.1) is 0 Å². The van der Waals surface area contributed by atoms with Crippen LogP contribution in [0.1, 0.15) is 19.8 Å². The Labute approximate surface area is 94.8 Å². The molecule has 1 nitrogen and oxygen atoms in total. The molecular weight excluding hydrogens is 209 g/mol. The van der Waals surface area contributed by atoms with Crippen molar-refractivity contribution in [1.82, 2.24) is 4.31 Å². The van der Waals surface area contributed by atoms with E-state index in [1.54, 1.807) is 11.9 Å². The van der Waals surface area contributed by atoms with Crippen LogP contribution in [0, 0.1) is 11.7 Å². The van der Waals surface area contributed by atoms with Crippen molar-refractivity contribution in [2.75, 3.05) is 13.1 Å². The van der Waals surface area contributed by atoms with Crippen molar-refractivity contribution in [2.24, 2.45) is 5.92 Å². The molecule has 0 atom stereocenters. The normalized spacial score (nSPS) is 19.3. The minimum atomic E-state index is -0.161. The SMILES string of the molecule is CC1CCN(Sc2ccc(F)cc2)CC1. The largest absolute Gasteiger partial charge is 0.246 e. The zero-order chi connectivity index (χ0) is 10.7. The molecule has 0 saturated carbocycles. The van der Waals surface area contributed by atoms with Gasteiger partial charge in [0.1, 0.15) is 5.82 Å². The van der Waals surface area contributed by atoms with Gasteiger partial charge in [-0.3, -0.25) is 0 Å². The van der Waals surface area contributed by atoms with Gasteiger partial charge in [-0.05, 0) is 55.0 Å². The van der Waals surface area contributed by atoms with Crippen LogP contribution in [-0.2, 0) is 0 Å². The van der Waals surface area contributed by atoms with E-state index in [0.717, 1.165) is 23.9 Å². The van der Waals surface area contributed by atoms with Gasteiger partial charge in [0, 0.05) is 18.0 Å². The van der Waals surface area contributed by atoms with Gasteiger partial charge >= 0.3 is 0 Å². The van der Waals surface area contributed by atoms with E-state index in [0.29, 0.717) is 0 Å². The molecule has 2 rings (SSSR count). The summed E-state index contributed by atoms with van der Waals surface area (Å²) in [5.74, 6) is 0.696. The second-order valence-corrected chi connectivity index (χ2v) is 5.33. The first-order valence-corrected chi connectivity index (χ1v) is 6.20. The van der Waals surface area contributed by atoms with Crippen LogP contribution in [0.15, 0.2) is 29.2 Å². The van der Waals surface area contributed by atoms with E-state index in [1.807, 2.05) is 12.1 Å². The summed E-state index contributed by atoms with van der Waals surface area (Å²) in [5.41, 5.74) is 0. The highest BCUT2D eigenvalue weighted by Crippen LogP contribution is 2.27. The molecule has 1 aliphatic rings. The number of nitrogens with zero attached hydrogens (tertiary/aromatic N) is 1. The Balaban J connectivity index is 1.89. The van der Waals surface area contributed by atoms with Gasteiger partial charge in [0.25, 0.3) is 0 Å². The molecule has 0 aliphatic carbocycles. The highest BCUT2D eigenvalue weighted by molar-refractivity contribution is 7.97. The zero-order valence-corrected chi connectivity index (χ0v) is 9.77. The summed E-state index contributed by atoms with van der Waals surface area (Å²) in [6, 6.07) is 6.74. The average Bonchev–Trinajstić information content (AvgIpc) is 2.25. The molecule has 0 aromatic heterocycles. The molecule has 1 aromatic rings. The summed E-state index contributed by atoms with van der Waals surface area (Å²) in [7, 11) is 0. The van der Waals surface area contributed by atoms with Crippen LogP contribution in [0.5, 0.6) is 0 Å². The maximum Gasteiger partial charge on any atom is 0.123 e. The maximum absolute atomic E-state index is 12.7. The first kappa shape index (κ1) is 11.0. The number of rotatable bonds is 2. The Morgan fingerprint density at radius 3 is 2.40 bits per heavy atom. The molecule has 0 unspecified atom stereocenters. The highest BCUT2D eigenvalue weighted by Gasteiger charge is 2.16. The number of halogens is 1. The third kappa shape index (κ3) is 3.21. The van der Waals surface area contributed by atoms with Crippen LogP contribution in [0.3, 0.4) is 0 Å². The van der Waals surface area contributed by atoms with Gasteiger partial charge in [0.2, 0.25) is 0 Å². The lowest BCUT2D eigenvalue weighted by Gasteiger charge is -2.28. The highest BCUT2D eigenvalue weighted by atomic mass is 32.2. The number of piperidine rings is 1. The van der Waals surface area contributed by atoms with E-state index in [4.69, 9.17) is 0 Å². The molecule has 1 aliphatic heterocycles. The van der Waals surface area contributed by atoms with Crippen molar-refractivity contribution in [3.8, 4) is 0 Å². The Hall–Kier alpha value is -0.540. The fourth-order valence-electron chi connectivity index (χ4n) is 1.72. The van der Waals surface area contributed by atoms with Crippen LogP contribution < -0.4 is 0 Å². The van der Waals surface area contributed by atoms with E-state index in [2.05, 4.69) is 11.2 Å². The van der Waals surface area contributed by atoms with Crippen LogP contribution in [0.25, 0.3) is 0 Å². The lowest BCUT2D eigenvalue weighted by Crippen LogP contribution is -2.27. The Morgan fingerprint density at radius 2 is 1.80 bits per heavy atom. The second kappa shape index (κ2) is 4.99. The monoisotopic (exact) mass is 225 g/mol. The molecular formula is C12H16FNS. The smallest absolute Gasteiger partial charge is 0.123 e. The maximum atomic E-state index is 12.7. The quantitative estimate of drug-likeness (QED) is 0.708. The van der Waals surface area contributed by atoms with Gasteiger partial charge in [-0.2, -0.15) is 0 Å². The van der Waals surface area contributed by atoms with Crippen LogP contribution in [0.2, 0.25) is 0 Å². The summed E-state index contributed by atoms with van der Waals surface area (Å²) in [5, 5.41) is 0. The molecule has 0 bridgehead atoms. The van der Waals surface area contributed by atoms with Gasteiger partial charge in [0.15, 0.2) is 0 Å². The van der Waals surface area contributed by atoms with Crippen molar-refractivity contribution in [3.63, 3.8) is 0 Å². The summed E-state index contributed by atoms with van der Waals surface area (Å²) in [4.78, 5) is 1.13. The van der Waals surface area contributed by atoms with Crippen LogP contribution in [-0.4, -0.2) is 17.4 Å². The van der Waals surface area contributed by atoms with Crippen molar-refractivity contribution in [3.05, 3.63) is 30.1 Å². The fraction of sp³-hybridized carbons (Fsp3) is 0.500. The van der Waals surface area contributed by atoms with E-state index in [1.165, 1.54) is 25.0 Å². The summed E-state index contributed by atoms with van der Waals surface area (Å²) < 4.78 is 15.1. The summed E-state index contributed by atoms with van der Waals surface area (Å²) >= 11 is 1.74. The minimum Gasteiger partial charge on any atom is -0.246 e. The van der Waals surface area contributed by atoms with Gasteiger partial charge < -0.3 is 0 Å². The minimum absolute atomic E-state index is 0.161. The van der Waals surface area contributed by atoms with Crippen molar-refractivity contribution < 1.29 is 4.39 Å². The Bertz CT molecular complexity index is 304. The number of benzene rings is 1. The topological polar surface area (TPSA) is 3.24 Å². The van der Waals surface area contributed by atoms with Crippen molar-refractivity contribution in [2.45, 2.75) is 24.7 Å². The predicted molar refractivity (Wildman–Crippen MR) is 62.2 cm³/mol. The molecule has 1 heterocycles. The Morgan fingerprint density at radius 1 is 1.20 bits per heavy atom. The Kier molecular flexibility index (Phi) is 3.65. The predicted octanol–water partition coefficient (Wildman–Crippen LogP) is 3.56. The number of hydrogen-bond acceptors (Lipinski definition) is 2. The fourth-order valence-corrected chi connectivity index (χ4v) is 2.67. The van der Waals surface area contributed by atoms with Gasteiger partial charge in [-0.25, -0.2) is 8.70 Å². The molecule has 82 valence electrons. The second-order valence-electron chi connectivity index (χ2n) is 4.16. The number of hydrogen-bond donors (Lipinski definition) is 0. The molecule has 3 heteroatoms. The molecule has 1 saturated heterocycles. The first-order chi connectivity index (χ1) is 7.24. The molecule has 1 aromatic carbocycles. The summed E-state index contributed by atoms with van der Waals surface area (Å²) in [6.45, 7) is 4.59. The van der Waals surface area contributed by atoms with Gasteiger partial charge in [-0.15, -0.1) is 0 Å². The van der Waals surface area contributed by atoms with Crippen LogP contribution >= 0.6 is 11.9 Å². The molecule has 0 N–H and O–H groups in total. The first-order valence-electron chi connectivity index (χ1n) is 5.42. The van der Waals surface area contributed by atoms with Gasteiger partial charge in [-0.1, -0.05) is 6.92 Å². The summed E-state index contributed by atoms with van der Waals surface area (Å²) in [6.07, 6.45) is 2.54. The molecule has 0 spiro atoms. The van der Waals surface area contributed by atoms with E-state index in [-0.39, 0.29) is 5.82 Å². The van der Waals surface area contributed by atoms with E-state index < -0.39 is 0 Å². The standard InChI is InChI=1S/C12H16FNS/c1-10-6-8-14(9-7-10)15-12-4-2-11(13)3-5-12/h2-5,10H,6-9H2,1H3. The zero-order valence-electron chi connectivity index (χ0n) is 8.95. The third-order valence-electron chi connectivity index (χ3n) is 2.79. The third-order valence-corrected chi connectivity index (χ3v) is 3.90. The molecule has 0 radical (unpaired) electrons. The molecule has 15 heavy (non-hydrogen) atoms. The van der Waals surface area contributed by atoms with E-state index >= 15 is 0 Å². The van der Waals surface area contributed by atoms with E-state index in [9.17, 15) is 4.39 Å². The lowest BCUT2D eigenvalue weighted by molar-refractivity contribution is 0.308. The van der Waals surface area contributed by atoms with Crippen molar-refractivity contribution in [1.29, 1.82) is 0 Å². The average molecular weight is 225 g/mol. The molecule has 1 fully saturated rings. The van der Waals surface area contributed by atoms with Crippen LogP contribution in [0.4, 0.5) is 4.39 Å². The lowest BCUT2D eigenvalue weighted by atomic mass is 10.0. The molecule has 0 amide bonds. The van der Waals surface area contributed by atoms with Crippen molar-refractivity contribution >= 4 is 11.9 Å².